The van der Waals surface area contributed by atoms with E-state index < -0.39 is 0 Å². The van der Waals surface area contributed by atoms with Crippen molar-refractivity contribution in [2.75, 3.05) is 0 Å². The van der Waals surface area contributed by atoms with Gasteiger partial charge in [0.2, 0.25) is 0 Å². The van der Waals surface area contributed by atoms with E-state index >= 15 is 0 Å². The molecule has 0 N–H and O–H groups in total. The Bertz CT molecular complexity index is 190. The highest BCUT2D eigenvalue weighted by molar-refractivity contribution is 5.09. The Kier molecular flexibility index (Phi) is 6.71. The molecular weight excluding hydrogens is 168 g/mol. The zero-order valence-electron chi connectivity index (χ0n) is 10.6. The summed E-state index contributed by atoms with van der Waals surface area (Å²) in [6, 6.07) is 0. The summed E-state index contributed by atoms with van der Waals surface area (Å²) in [6.07, 6.45) is 6.10. The van der Waals surface area contributed by atoms with E-state index in [1.54, 1.807) is 0 Å². The lowest BCUT2D eigenvalue weighted by Crippen LogP contribution is -2.07. The SMILES string of the molecule is CCCC(C)CC#CC(C)(C)CCC. The molecule has 0 fully saturated rings. The van der Waals surface area contributed by atoms with Gasteiger partial charge in [0.15, 0.2) is 0 Å². The largest absolute Gasteiger partial charge is 0.102 e. The number of rotatable bonds is 5. The minimum Gasteiger partial charge on any atom is -0.102 e. The van der Waals surface area contributed by atoms with Gasteiger partial charge in [-0.2, -0.15) is 0 Å². The van der Waals surface area contributed by atoms with E-state index in [2.05, 4.69) is 46.5 Å². The van der Waals surface area contributed by atoms with Crippen molar-refractivity contribution in [1.82, 2.24) is 0 Å². The zero-order chi connectivity index (χ0) is 11.0. The highest BCUT2D eigenvalue weighted by Crippen LogP contribution is 2.20. The van der Waals surface area contributed by atoms with Crippen LogP contribution in [0, 0.1) is 23.2 Å². The second kappa shape index (κ2) is 6.93. The Hall–Kier alpha value is -0.440. The van der Waals surface area contributed by atoms with Crippen molar-refractivity contribution < 1.29 is 0 Å². The minimum absolute atomic E-state index is 0.223. The molecule has 1 atom stereocenters. The Morgan fingerprint density at radius 3 is 2.29 bits per heavy atom. The zero-order valence-corrected chi connectivity index (χ0v) is 10.6. The smallest absolute Gasteiger partial charge is 0.0258 e. The van der Waals surface area contributed by atoms with Crippen LogP contribution in [-0.4, -0.2) is 0 Å². The van der Waals surface area contributed by atoms with E-state index in [1.807, 2.05) is 0 Å². The van der Waals surface area contributed by atoms with Crippen molar-refractivity contribution >= 4 is 0 Å². The fourth-order valence-electron chi connectivity index (χ4n) is 1.75. The third-order valence-corrected chi connectivity index (χ3v) is 2.53. The molecule has 0 aromatic heterocycles. The Balaban J connectivity index is 3.91. The van der Waals surface area contributed by atoms with Gasteiger partial charge in [-0.3, -0.25) is 0 Å². The standard InChI is InChI=1S/C14H26/c1-6-9-13(3)10-8-12-14(4,5)11-7-2/h13H,6-7,9-11H2,1-5H3. The maximum Gasteiger partial charge on any atom is 0.0258 e. The summed E-state index contributed by atoms with van der Waals surface area (Å²) in [5, 5.41) is 0. The molecule has 0 heterocycles. The van der Waals surface area contributed by atoms with Gasteiger partial charge in [0.25, 0.3) is 0 Å². The first-order chi connectivity index (χ1) is 6.52. The summed E-state index contributed by atoms with van der Waals surface area (Å²) in [4.78, 5) is 0. The van der Waals surface area contributed by atoms with E-state index in [9.17, 15) is 0 Å². The van der Waals surface area contributed by atoms with Gasteiger partial charge < -0.3 is 0 Å². The predicted octanol–water partition coefficient (Wildman–Crippen LogP) is 4.64. The van der Waals surface area contributed by atoms with Crippen LogP contribution in [0.25, 0.3) is 0 Å². The highest BCUT2D eigenvalue weighted by atomic mass is 14.1. The molecule has 0 aromatic carbocycles. The van der Waals surface area contributed by atoms with E-state index in [-0.39, 0.29) is 5.41 Å². The average Bonchev–Trinajstić information content (AvgIpc) is 2.03. The van der Waals surface area contributed by atoms with Gasteiger partial charge in [0.05, 0.1) is 0 Å². The van der Waals surface area contributed by atoms with Gasteiger partial charge in [0, 0.05) is 11.8 Å². The molecule has 0 aliphatic rings. The first-order valence-corrected chi connectivity index (χ1v) is 6.02. The van der Waals surface area contributed by atoms with Gasteiger partial charge in [0.1, 0.15) is 0 Å². The van der Waals surface area contributed by atoms with Gasteiger partial charge in [-0.25, -0.2) is 0 Å². The lowest BCUT2D eigenvalue weighted by Gasteiger charge is -2.15. The van der Waals surface area contributed by atoms with Crippen LogP contribution in [0.4, 0.5) is 0 Å². The second-order valence-electron chi connectivity index (χ2n) is 5.03. The van der Waals surface area contributed by atoms with Crippen LogP contribution in [0.3, 0.4) is 0 Å². The number of hydrogen-bond acceptors (Lipinski definition) is 0. The Labute approximate surface area is 90.5 Å². The molecule has 0 aliphatic carbocycles. The molecule has 0 bridgehead atoms. The topological polar surface area (TPSA) is 0 Å². The molecular formula is C14H26. The second-order valence-corrected chi connectivity index (χ2v) is 5.03. The third kappa shape index (κ3) is 7.01. The molecule has 0 aromatic rings. The van der Waals surface area contributed by atoms with Crippen LogP contribution < -0.4 is 0 Å². The van der Waals surface area contributed by atoms with E-state index in [4.69, 9.17) is 0 Å². The molecule has 0 amide bonds. The summed E-state index contributed by atoms with van der Waals surface area (Å²) in [6.45, 7) is 11.3. The van der Waals surface area contributed by atoms with Gasteiger partial charge >= 0.3 is 0 Å². The molecule has 1 unspecified atom stereocenters. The first-order valence-electron chi connectivity index (χ1n) is 6.02. The van der Waals surface area contributed by atoms with Gasteiger partial charge in [-0.1, -0.05) is 46.0 Å². The first kappa shape index (κ1) is 13.6. The van der Waals surface area contributed by atoms with Crippen molar-refractivity contribution in [3.05, 3.63) is 0 Å². The van der Waals surface area contributed by atoms with Crippen LogP contribution >= 0.6 is 0 Å². The van der Waals surface area contributed by atoms with Crippen molar-refractivity contribution in [1.29, 1.82) is 0 Å². The number of hydrogen-bond donors (Lipinski definition) is 0. The van der Waals surface area contributed by atoms with Gasteiger partial charge in [-0.05, 0) is 26.2 Å². The van der Waals surface area contributed by atoms with Gasteiger partial charge in [-0.15, -0.1) is 5.92 Å². The maximum atomic E-state index is 3.40. The summed E-state index contributed by atoms with van der Waals surface area (Å²) in [5.41, 5.74) is 0.223. The van der Waals surface area contributed by atoms with Crippen molar-refractivity contribution in [3.63, 3.8) is 0 Å². The van der Waals surface area contributed by atoms with Crippen LogP contribution in [0.2, 0.25) is 0 Å². The quantitative estimate of drug-likeness (QED) is 0.559. The molecule has 82 valence electrons. The summed E-state index contributed by atoms with van der Waals surface area (Å²) in [7, 11) is 0. The lowest BCUT2D eigenvalue weighted by atomic mass is 9.88. The van der Waals surface area contributed by atoms with Crippen LogP contribution in [0.1, 0.15) is 66.7 Å². The maximum absolute atomic E-state index is 3.40. The molecule has 14 heavy (non-hydrogen) atoms. The summed E-state index contributed by atoms with van der Waals surface area (Å²) in [5.74, 6) is 7.51. The minimum atomic E-state index is 0.223. The van der Waals surface area contributed by atoms with Crippen LogP contribution in [0.15, 0.2) is 0 Å². The molecule has 0 radical (unpaired) electrons. The highest BCUT2D eigenvalue weighted by Gasteiger charge is 2.11. The lowest BCUT2D eigenvalue weighted by molar-refractivity contribution is 0.450. The molecule has 0 rings (SSSR count). The van der Waals surface area contributed by atoms with Crippen molar-refractivity contribution in [3.8, 4) is 11.8 Å². The normalized spacial score (nSPS) is 13.2. The van der Waals surface area contributed by atoms with Crippen LogP contribution in [-0.2, 0) is 0 Å². The predicted molar refractivity (Wildman–Crippen MR) is 65.2 cm³/mol. The Morgan fingerprint density at radius 2 is 1.79 bits per heavy atom. The van der Waals surface area contributed by atoms with E-state index in [0.717, 1.165) is 12.3 Å². The third-order valence-electron chi connectivity index (χ3n) is 2.53. The summed E-state index contributed by atoms with van der Waals surface area (Å²) < 4.78 is 0. The molecule has 0 saturated carbocycles. The van der Waals surface area contributed by atoms with Crippen LogP contribution in [0.5, 0.6) is 0 Å². The molecule has 0 aliphatic heterocycles. The van der Waals surface area contributed by atoms with E-state index in [1.165, 1.54) is 25.7 Å². The fourth-order valence-corrected chi connectivity index (χ4v) is 1.75. The molecule has 0 heteroatoms. The molecule has 0 spiro atoms. The molecule has 0 saturated heterocycles. The Morgan fingerprint density at radius 1 is 1.14 bits per heavy atom. The monoisotopic (exact) mass is 194 g/mol. The average molecular weight is 194 g/mol. The fraction of sp³-hybridized carbons (Fsp3) is 0.857. The van der Waals surface area contributed by atoms with E-state index in [0.29, 0.717) is 0 Å². The summed E-state index contributed by atoms with van der Waals surface area (Å²) >= 11 is 0. The molecule has 0 nitrogen and oxygen atoms in total. The van der Waals surface area contributed by atoms with Crippen molar-refractivity contribution in [2.45, 2.75) is 66.7 Å². The van der Waals surface area contributed by atoms with Crippen molar-refractivity contribution in [2.24, 2.45) is 11.3 Å².